The lowest BCUT2D eigenvalue weighted by Crippen LogP contribution is -2.03. The van der Waals surface area contributed by atoms with Gasteiger partial charge >= 0.3 is 0 Å². The normalized spacial score (nSPS) is 11.1. The highest BCUT2D eigenvalue weighted by atomic mass is 32.2. The molecule has 0 spiro atoms. The van der Waals surface area contributed by atoms with Crippen LogP contribution < -0.4 is 5.32 Å². The molecule has 8 nitrogen and oxygen atoms in total. The van der Waals surface area contributed by atoms with E-state index in [0.29, 0.717) is 11.6 Å². The van der Waals surface area contributed by atoms with E-state index >= 15 is 0 Å². The lowest BCUT2D eigenvalue weighted by atomic mass is 10.4. The number of fused-ring (bicyclic) bond motifs is 1. The highest BCUT2D eigenvalue weighted by molar-refractivity contribution is 7.99. The van der Waals surface area contributed by atoms with Gasteiger partial charge in [-0.25, -0.2) is 14.6 Å². The van der Waals surface area contributed by atoms with E-state index in [1.165, 1.54) is 18.1 Å². The zero-order valence-electron chi connectivity index (χ0n) is 10.5. The molecule has 0 bridgehead atoms. The van der Waals surface area contributed by atoms with Crippen molar-refractivity contribution >= 4 is 28.7 Å². The summed E-state index contributed by atoms with van der Waals surface area (Å²) in [6.45, 7) is 2.75. The van der Waals surface area contributed by atoms with Crippen LogP contribution in [-0.4, -0.2) is 41.5 Å². The fourth-order valence-corrected chi connectivity index (χ4v) is 2.43. The molecule has 9 heteroatoms. The van der Waals surface area contributed by atoms with Gasteiger partial charge in [0.05, 0.1) is 11.6 Å². The molecule has 0 aliphatic carbocycles. The molecule has 3 heterocycles. The largest absolute Gasteiger partial charge is 0.354 e. The molecule has 0 unspecified atom stereocenters. The van der Waals surface area contributed by atoms with E-state index in [0.717, 1.165) is 22.1 Å². The number of H-pyrrole nitrogens is 1. The van der Waals surface area contributed by atoms with Gasteiger partial charge in [0.15, 0.2) is 10.8 Å². The number of nitrogens with one attached hydrogen (secondary N) is 2. The van der Waals surface area contributed by atoms with Crippen molar-refractivity contribution in [3.8, 4) is 0 Å². The van der Waals surface area contributed by atoms with E-state index in [-0.39, 0.29) is 0 Å². The average Bonchev–Trinajstić information content (AvgIpc) is 3.00. The van der Waals surface area contributed by atoms with E-state index in [9.17, 15) is 0 Å². The summed E-state index contributed by atoms with van der Waals surface area (Å²) >= 11 is 1.43. The first-order valence-electron chi connectivity index (χ1n) is 5.74. The Balaban J connectivity index is 2.05. The molecule has 0 fully saturated rings. The Hall–Kier alpha value is -2.16. The number of aryl methyl sites for hydroxylation is 1. The second-order valence-electron chi connectivity index (χ2n) is 3.78. The fraction of sp³-hybridized carbons (Fsp3) is 0.300. The van der Waals surface area contributed by atoms with E-state index in [2.05, 4.69) is 35.6 Å². The van der Waals surface area contributed by atoms with Gasteiger partial charge in [0.25, 0.3) is 0 Å². The van der Waals surface area contributed by atoms with Crippen LogP contribution in [0.2, 0.25) is 0 Å². The molecule has 0 aliphatic heterocycles. The molecule has 19 heavy (non-hydrogen) atoms. The summed E-state index contributed by atoms with van der Waals surface area (Å²) < 4.78 is 1.70. The molecule has 0 aliphatic rings. The second-order valence-corrected chi connectivity index (χ2v) is 4.74. The zero-order chi connectivity index (χ0) is 13.2. The van der Waals surface area contributed by atoms with Gasteiger partial charge in [0, 0.05) is 13.6 Å². The summed E-state index contributed by atoms with van der Waals surface area (Å²) in [6, 6.07) is 0. The molecule has 0 saturated carbocycles. The fourth-order valence-electron chi connectivity index (χ4n) is 1.59. The summed E-state index contributed by atoms with van der Waals surface area (Å²) in [5.74, 6) is 0.573. The standard InChI is InChI=1S/C10H12N8S/c1-3-11-9-15-7-6(4-13-17-7)8(16-9)19-10-12-5-14-18(10)2/h4-5H,3H2,1-2H3,(H2,11,13,15,16,17). The zero-order valence-corrected chi connectivity index (χ0v) is 11.3. The Labute approximate surface area is 113 Å². The maximum atomic E-state index is 4.48. The van der Waals surface area contributed by atoms with Crippen molar-refractivity contribution in [1.82, 2.24) is 34.9 Å². The number of anilines is 1. The van der Waals surface area contributed by atoms with Crippen LogP contribution in [0, 0.1) is 0 Å². The number of nitrogens with zero attached hydrogens (tertiary/aromatic N) is 6. The molecule has 0 saturated heterocycles. The lowest BCUT2D eigenvalue weighted by molar-refractivity contribution is 0.685. The van der Waals surface area contributed by atoms with Crippen LogP contribution >= 0.6 is 11.8 Å². The number of aromatic nitrogens is 7. The van der Waals surface area contributed by atoms with Gasteiger partial charge in [-0.1, -0.05) is 0 Å². The van der Waals surface area contributed by atoms with E-state index in [1.807, 2.05) is 14.0 Å². The molecule has 0 radical (unpaired) electrons. The molecule has 3 aromatic heterocycles. The minimum atomic E-state index is 0.573. The topological polar surface area (TPSA) is 97.2 Å². The molecular formula is C10H12N8S. The van der Waals surface area contributed by atoms with Crippen molar-refractivity contribution in [1.29, 1.82) is 0 Å². The van der Waals surface area contributed by atoms with Gasteiger partial charge < -0.3 is 5.32 Å². The SMILES string of the molecule is CCNc1nc(Sc2ncnn2C)c2cn[nH]c2n1. The van der Waals surface area contributed by atoms with Crippen molar-refractivity contribution in [3.05, 3.63) is 12.5 Å². The quantitative estimate of drug-likeness (QED) is 0.688. The van der Waals surface area contributed by atoms with Crippen LogP contribution in [-0.2, 0) is 7.05 Å². The van der Waals surface area contributed by atoms with E-state index in [1.54, 1.807) is 10.9 Å². The van der Waals surface area contributed by atoms with Gasteiger partial charge in [0.2, 0.25) is 5.95 Å². The van der Waals surface area contributed by atoms with Crippen molar-refractivity contribution in [2.45, 2.75) is 17.1 Å². The molecule has 2 N–H and O–H groups in total. The smallest absolute Gasteiger partial charge is 0.225 e. The second kappa shape index (κ2) is 4.84. The summed E-state index contributed by atoms with van der Waals surface area (Å²) in [6.07, 6.45) is 3.23. The van der Waals surface area contributed by atoms with Crippen LogP contribution in [0.15, 0.2) is 22.7 Å². The molecule has 0 aromatic carbocycles. The predicted molar refractivity (Wildman–Crippen MR) is 71.0 cm³/mol. The van der Waals surface area contributed by atoms with Crippen LogP contribution in [0.3, 0.4) is 0 Å². The van der Waals surface area contributed by atoms with E-state index < -0.39 is 0 Å². The summed E-state index contributed by atoms with van der Waals surface area (Å²) in [5, 5.41) is 16.4. The molecule has 98 valence electrons. The maximum absolute atomic E-state index is 4.48. The maximum Gasteiger partial charge on any atom is 0.225 e. The first-order chi connectivity index (χ1) is 9.28. The monoisotopic (exact) mass is 276 g/mol. The summed E-state index contributed by atoms with van der Waals surface area (Å²) in [4.78, 5) is 13.0. The Morgan fingerprint density at radius 3 is 3.05 bits per heavy atom. The Bertz CT molecular complexity index is 702. The minimum Gasteiger partial charge on any atom is -0.354 e. The van der Waals surface area contributed by atoms with Gasteiger partial charge in [-0.15, -0.1) is 0 Å². The molecular weight excluding hydrogens is 264 g/mol. The van der Waals surface area contributed by atoms with Crippen LogP contribution in [0.25, 0.3) is 11.0 Å². The van der Waals surface area contributed by atoms with Crippen LogP contribution in [0.5, 0.6) is 0 Å². The van der Waals surface area contributed by atoms with Gasteiger partial charge in [-0.2, -0.15) is 15.2 Å². The van der Waals surface area contributed by atoms with Crippen LogP contribution in [0.4, 0.5) is 5.95 Å². The molecule has 3 aromatic rings. The highest BCUT2D eigenvalue weighted by Crippen LogP contribution is 2.29. The third-order valence-electron chi connectivity index (χ3n) is 2.47. The number of hydrogen-bond acceptors (Lipinski definition) is 7. The minimum absolute atomic E-state index is 0.573. The average molecular weight is 276 g/mol. The van der Waals surface area contributed by atoms with Crippen molar-refractivity contribution in [3.63, 3.8) is 0 Å². The highest BCUT2D eigenvalue weighted by Gasteiger charge is 2.13. The lowest BCUT2D eigenvalue weighted by Gasteiger charge is -2.05. The van der Waals surface area contributed by atoms with Gasteiger partial charge in [-0.05, 0) is 18.7 Å². The van der Waals surface area contributed by atoms with Crippen molar-refractivity contribution < 1.29 is 0 Å². The van der Waals surface area contributed by atoms with Crippen LogP contribution in [0.1, 0.15) is 6.92 Å². The summed E-state index contributed by atoms with van der Waals surface area (Å²) in [7, 11) is 1.84. The van der Waals surface area contributed by atoms with Crippen molar-refractivity contribution in [2.24, 2.45) is 7.05 Å². The molecule has 3 rings (SSSR count). The third-order valence-corrected chi connectivity index (χ3v) is 3.52. The molecule has 0 atom stereocenters. The van der Waals surface area contributed by atoms with Crippen molar-refractivity contribution in [2.75, 3.05) is 11.9 Å². The van der Waals surface area contributed by atoms with E-state index in [4.69, 9.17) is 0 Å². The Morgan fingerprint density at radius 1 is 1.42 bits per heavy atom. The molecule has 0 amide bonds. The first-order valence-corrected chi connectivity index (χ1v) is 6.56. The van der Waals surface area contributed by atoms with Gasteiger partial charge in [-0.3, -0.25) is 5.10 Å². The predicted octanol–water partition coefficient (Wildman–Crippen LogP) is 1.06. The summed E-state index contributed by atoms with van der Waals surface area (Å²) in [5.41, 5.74) is 0.704. The third kappa shape index (κ3) is 2.24. The number of aromatic amines is 1. The Kier molecular flexibility index (Phi) is 3.03. The number of hydrogen-bond donors (Lipinski definition) is 2. The number of rotatable bonds is 4. The Morgan fingerprint density at radius 2 is 2.32 bits per heavy atom. The first kappa shape index (κ1) is 11.9. The van der Waals surface area contributed by atoms with Gasteiger partial charge in [0.1, 0.15) is 11.4 Å².